The van der Waals surface area contributed by atoms with Gasteiger partial charge in [-0.2, -0.15) is 0 Å². The number of hydrogen-bond donors (Lipinski definition) is 3. The normalized spacial score (nSPS) is 26.2. The number of aromatic hydroxyl groups is 1. The minimum absolute atomic E-state index is 0.100. The lowest BCUT2D eigenvalue weighted by molar-refractivity contribution is -0.0109. The molecule has 110 valence electrons. The number of hydrogen-bond acceptors (Lipinski definition) is 3. The molecule has 0 spiro atoms. The lowest BCUT2D eigenvalue weighted by Gasteiger charge is -2.35. The molecule has 1 aliphatic carbocycles. The maximum absolute atomic E-state index is 12.0. The highest BCUT2D eigenvalue weighted by Crippen LogP contribution is 2.31. The largest absolute Gasteiger partial charge is 0.507 e. The topological polar surface area (TPSA) is 69.6 Å². The van der Waals surface area contributed by atoms with Gasteiger partial charge in [-0.25, -0.2) is 0 Å². The Hall–Kier alpha value is -0.820. The standard InChI is InChI=1S/C15H20INO3/c1-10-3-2-6-15(20,8-10)9-17-14(19)11-4-5-12(16)13(18)7-11/h4-5,7,10,18,20H,2-3,6,8-9H2,1H3,(H,17,19). The molecule has 0 aromatic heterocycles. The zero-order valence-electron chi connectivity index (χ0n) is 11.5. The van der Waals surface area contributed by atoms with Gasteiger partial charge in [0.15, 0.2) is 0 Å². The van der Waals surface area contributed by atoms with Gasteiger partial charge in [-0.3, -0.25) is 4.79 Å². The number of carbonyl (C=O) groups is 1. The number of amides is 1. The van der Waals surface area contributed by atoms with Crippen molar-refractivity contribution in [2.24, 2.45) is 5.92 Å². The van der Waals surface area contributed by atoms with E-state index in [1.165, 1.54) is 6.07 Å². The third kappa shape index (κ3) is 3.85. The van der Waals surface area contributed by atoms with Gasteiger partial charge in [0.25, 0.3) is 5.91 Å². The summed E-state index contributed by atoms with van der Waals surface area (Å²) in [4.78, 5) is 12.0. The molecule has 3 N–H and O–H groups in total. The van der Waals surface area contributed by atoms with Crippen LogP contribution in [0.25, 0.3) is 0 Å². The Morgan fingerprint density at radius 2 is 2.30 bits per heavy atom. The van der Waals surface area contributed by atoms with E-state index in [9.17, 15) is 15.0 Å². The number of aliphatic hydroxyl groups is 1. The first-order valence-corrected chi connectivity index (χ1v) is 7.97. The SMILES string of the molecule is CC1CCCC(O)(CNC(=O)c2ccc(I)c(O)c2)C1. The highest BCUT2D eigenvalue weighted by atomic mass is 127. The fourth-order valence-corrected chi connectivity index (χ4v) is 3.13. The molecule has 0 bridgehead atoms. The van der Waals surface area contributed by atoms with Crippen LogP contribution >= 0.6 is 22.6 Å². The van der Waals surface area contributed by atoms with Crippen LogP contribution in [-0.4, -0.2) is 28.3 Å². The highest BCUT2D eigenvalue weighted by Gasteiger charge is 2.32. The van der Waals surface area contributed by atoms with Crippen LogP contribution in [0.4, 0.5) is 0 Å². The first-order chi connectivity index (χ1) is 9.39. The Labute approximate surface area is 132 Å². The second-order valence-corrected chi connectivity index (χ2v) is 6.94. The van der Waals surface area contributed by atoms with E-state index in [1.54, 1.807) is 12.1 Å². The summed E-state index contributed by atoms with van der Waals surface area (Å²) < 4.78 is 0.707. The van der Waals surface area contributed by atoms with Crippen LogP contribution in [0.3, 0.4) is 0 Å². The Kier molecular flexibility index (Phi) is 4.90. The first kappa shape index (κ1) is 15.6. The molecular weight excluding hydrogens is 369 g/mol. The molecule has 0 saturated heterocycles. The molecule has 1 saturated carbocycles. The zero-order chi connectivity index (χ0) is 14.8. The van der Waals surface area contributed by atoms with Crippen molar-refractivity contribution in [2.75, 3.05) is 6.54 Å². The van der Waals surface area contributed by atoms with E-state index in [0.29, 0.717) is 15.1 Å². The molecule has 20 heavy (non-hydrogen) atoms. The van der Waals surface area contributed by atoms with Gasteiger partial charge in [0, 0.05) is 12.1 Å². The third-order valence-electron chi connectivity index (χ3n) is 3.85. The van der Waals surface area contributed by atoms with Gasteiger partial charge in [-0.15, -0.1) is 0 Å². The fraction of sp³-hybridized carbons (Fsp3) is 0.533. The third-order valence-corrected chi connectivity index (χ3v) is 4.77. The monoisotopic (exact) mass is 389 g/mol. The number of phenols is 1. The predicted octanol–water partition coefficient (Wildman–Crippen LogP) is 2.67. The van der Waals surface area contributed by atoms with Crippen molar-refractivity contribution in [3.63, 3.8) is 0 Å². The maximum Gasteiger partial charge on any atom is 0.251 e. The van der Waals surface area contributed by atoms with Gasteiger partial charge in [0.05, 0.1) is 9.17 Å². The van der Waals surface area contributed by atoms with Crippen LogP contribution in [-0.2, 0) is 0 Å². The molecule has 4 nitrogen and oxygen atoms in total. The molecule has 2 unspecified atom stereocenters. The lowest BCUT2D eigenvalue weighted by Crippen LogP contribution is -2.45. The van der Waals surface area contributed by atoms with Crippen LogP contribution in [0.5, 0.6) is 5.75 Å². The average Bonchev–Trinajstić information content (AvgIpc) is 2.39. The average molecular weight is 389 g/mol. The summed E-state index contributed by atoms with van der Waals surface area (Å²) in [6.07, 6.45) is 3.60. The zero-order valence-corrected chi connectivity index (χ0v) is 13.7. The number of benzene rings is 1. The Bertz CT molecular complexity index is 506. The molecule has 5 heteroatoms. The molecule has 2 rings (SSSR count). The number of carbonyl (C=O) groups excluding carboxylic acids is 1. The molecule has 1 aromatic rings. The van der Waals surface area contributed by atoms with Gasteiger partial charge in [0.1, 0.15) is 5.75 Å². The minimum atomic E-state index is -0.793. The van der Waals surface area contributed by atoms with E-state index in [1.807, 2.05) is 22.6 Å². The predicted molar refractivity (Wildman–Crippen MR) is 85.7 cm³/mol. The summed E-state index contributed by atoms with van der Waals surface area (Å²) in [6, 6.07) is 4.82. The van der Waals surface area contributed by atoms with Crippen molar-refractivity contribution in [3.8, 4) is 5.75 Å². The summed E-state index contributed by atoms with van der Waals surface area (Å²) in [7, 11) is 0. The minimum Gasteiger partial charge on any atom is -0.507 e. The van der Waals surface area contributed by atoms with Crippen LogP contribution in [0.1, 0.15) is 43.0 Å². The fourth-order valence-electron chi connectivity index (χ4n) is 2.79. The second kappa shape index (κ2) is 6.30. The summed E-state index contributed by atoms with van der Waals surface area (Å²) in [5.41, 5.74) is -0.381. The van der Waals surface area contributed by atoms with Crippen molar-refractivity contribution >= 4 is 28.5 Å². The van der Waals surface area contributed by atoms with Gasteiger partial charge in [0.2, 0.25) is 0 Å². The molecular formula is C15H20INO3. The van der Waals surface area contributed by atoms with Gasteiger partial charge >= 0.3 is 0 Å². The van der Waals surface area contributed by atoms with E-state index >= 15 is 0 Å². The van der Waals surface area contributed by atoms with Crippen molar-refractivity contribution in [3.05, 3.63) is 27.3 Å². The van der Waals surface area contributed by atoms with E-state index < -0.39 is 5.60 Å². The van der Waals surface area contributed by atoms with Gasteiger partial charge in [-0.05, 0) is 59.5 Å². The molecule has 0 heterocycles. The summed E-state index contributed by atoms with van der Waals surface area (Å²) in [5.74, 6) is 0.333. The molecule has 1 aliphatic rings. The Morgan fingerprint density at radius 1 is 1.55 bits per heavy atom. The molecule has 1 fully saturated rings. The summed E-state index contributed by atoms with van der Waals surface area (Å²) in [5, 5.41) is 22.9. The van der Waals surface area contributed by atoms with Crippen LogP contribution in [0.15, 0.2) is 18.2 Å². The first-order valence-electron chi connectivity index (χ1n) is 6.89. The van der Waals surface area contributed by atoms with Crippen LogP contribution in [0, 0.1) is 9.49 Å². The van der Waals surface area contributed by atoms with E-state index in [2.05, 4.69) is 12.2 Å². The van der Waals surface area contributed by atoms with Crippen LogP contribution < -0.4 is 5.32 Å². The van der Waals surface area contributed by atoms with Crippen molar-refractivity contribution < 1.29 is 15.0 Å². The number of phenolic OH excluding ortho intramolecular Hbond substituents is 1. The van der Waals surface area contributed by atoms with Crippen LogP contribution in [0.2, 0.25) is 0 Å². The summed E-state index contributed by atoms with van der Waals surface area (Å²) >= 11 is 2.00. The van der Waals surface area contributed by atoms with Crippen molar-refractivity contribution in [1.29, 1.82) is 0 Å². The maximum atomic E-state index is 12.0. The Morgan fingerprint density at radius 3 is 2.95 bits per heavy atom. The Balaban J connectivity index is 1.96. The number of rotatable bonds is 3. The second-order valence-electron chi connectivity index (χ2n) is 5.77. The highest BCUT2D eigenvalue weighted by molar-refractivity contribution is 14.1. The smallest absolute Gasteiger partial charge is 0.251 e. The summed E-state index contributed by atoms with van der Waals surface area (Å²) in [6.45, 7) is 2.39. The van der Waals surface area contributed by atoms with Crippen molar-refractivity contribution in [2.45, 2.75) is 38.2 Å². The number of halogens is 1. The molecule has 1 amide bonds. The van der Waals surface area contributed by atoms with E-state index in [-0.39, 0.29) is 18.2 Å². The molecule has 1 aromatic carbocycles. The van der Waals surface area contributed by atoms with Gasteiger partial charge < -0.3 is 15.5 Å². The molecule has 0 aliphatic heterocycles. The molecule has 0 radical (unpaired) electrons. The van der Waals surface area contributed by atoms with E-state index in [0.717, 1.165) is 25.7 Å². The van der Waals surface area contributed by atoms with Crippen molar-refractivity contribution in [1.82, 2.24) is 5.32 Å². The number of nitrogens with one attached hydrogen (secondary N) is 1. The lowest BCUT2D eigenvalue weighted by atomic mass is 9.79. The quantitative estimate of drug-likeness (QED) is 0.697. The van der Waals surface area contributed by atoms with Gasteiger partial charge in [-0.1, -0.05) is 19.8 Å². The van der Waals surface area contributed by atoms with E-state index in [4.69, 9.17) is 0 Å². The molecule has 2 atom stereocenters.